The first-order valence-corrected chi connectivity index (χ1v) is 10.2. The molecule has 152 valence electrons. The molecule has 0 aliphatic rings. The number of aryl methyl sites for hydroxylation is 2. The predicted molar refractivity (Wildman–Crippen MR) is 118 cm³/mol. The largest absolute Gasteiger partial charge is 0.238 e. The molecule has 30 heavy (non-hydrogen) atoms. The molecule has 3 nitrogen and oxygen atoms in total. The molecule has 0 atom stereocenters. The van der Waals surface area contributed by atoms with E-state index in [9.17, 15) is 9.65 Å². The Morgan fingerprint density at radius 1 is 1.10 bits per heavy atom. The third kappa shape index (κ3) is 4.44. The molecule has 0 aliphatic carbocycles. The molecule has 1 aromatic heterocycles. The van der Waals surface area contributed by atoms with Gasteiger partial charge in [0, 0.05) is 23.6 Å². The lowest BCUT2D eigenvalue weighted by molar-refractivity contribution is 0.622. The van der Waals surface area contributed by atoms with Crippen molar-refractivity contribution in [1.29, 1.82) is 5.26 Å². The van der Waals surface area contributed by atoms with E-state index in [0.29, 0.717) is 17.5 Å². The summed E-state index contributed by atoms with van der Waals surface area (Å²) in [4.78, 5) is 0. The summed E-state index contributed by atoms with van der Waals surface area (Å²) in [6.07, 6.45) is 1.39. The van der Waals surface area contributed by atoms with E-state index >= 15 is 0 Å². The third-order valence-corrected chi connectivity index (χ3v) is 5.19. The highest BCUT2D eigenvalue weighted by atomic mass is 19.1. The molecule has 0 amide bonds. The van der Waals surface area contributed by atoms with Crippen molar-refractivity contribution in [2.75, 3.05) is 0 Å². The summed E-state index contributed by atoms with van der Waals surface area (Å²) in [7, 11) is 0. The average molecular weight is 400 g/mol. The van der Waals surface area contributed by atoms with Crippen LogP contribution in [0.5, 0.6) is 0 Å². The quantitative estimate of drug-likeness (QED) is 0.531. The van der Waals surface area contributed by atoms with Crippen LogP contribution >= 0.6 is 0 Å². The Bertz CT molecular complexity index is 1180. The van der Waals surface area contributed by atoms with E-state index in [1.807, 2.05) is 63.6 Å². The molecule has 0 spiro atoms. The molecule has 0 saturated carbocycles. The van der Waals surface area contributed by atoms with E-state index in [1.165, 1.54) is 0 Å². The SMILES string of the molecule is CCc1cc(-n2nc(C)c(Cc3ccc(C#CC(C)C)c(F)c3)c2C)ccc1C#N. The van der Waals surface area contributed by atoms with E-state index in [2.05, 4.69) is 17.9 Å². The minimum Gasteiger partial charge on any atom is -0.238 e. The zero-order valence-corrected chi connectivity index (χ0v) is 18.2. The van der Waals surface area contributed by atoms with Gasteiger partial charge in [-0.3, -0.25) is 0 Å². The lowest BCUT2D eigenvalue weighted by Crippen LogP contribution is -2.02. The van der Waals surface area contributed by atoms with Crippen LogP contribution in [0.4, 0.5) is 4.39 Å². The number of hydrogen-bond donors (Lipinski definition) is 0. The summed E-state index contributed by atoms with van der Waals surface area (Å²) < 4.78 is 16.4. The summed E-state index contributed by atoms with van der Waals surface area (Å²) in [6.45, 7) is 10.0. The minimum absolute atomic E-state index is 0.204. The first-order valence-electron chi connectivity index (χ1n) is 10.2. The van der Waals surface area contributed by atoms with Crippen LogP contribution in [0.2, 0.25) is 0 Å². The van der Waals surface area contributed by atoms with Crippen LogP contribution in [-0.4, -0.2) is 9.78 Å². The number of benzene rings is 2. The maximum absolute atomic E-state index is 14.5. The van der Waals surface area contributed by atoms with Crippen LogP contribution < -0.4 is 0 Å². The number of halogens is 1. The second kappa shape index (κ2) is 8.97. The minimum atomic E-state index is -0.289. The highest BCUT2D eigenvalue weighted by molar-refractivity contribution is 5.48. The molecule has 0 fully saturated rings. The Labute approximate surface area is 178 Å². The van der Waals surface area contributed by atoms with Crippen molar-refractivity contribution >= 4 is 0 Å². The van der Waals surface area contributed by atoms with Gasteiger partial charge in [-0.05, 0) is 61.7 Å². The van der Waals surface area contributed by atoms with Gasteiger partial charge >= 0.3 is 0 Å². The Balaban J connectivity index is 1.93. The first-order chi connectivity index (χ1) is 14.3. The molecule has 0 bridgehead atoms. The molecule has 0 aliphatic heterocycles. The summed E-state index contributed by atoms with van der Waals surface area (Å²) in [6, 6.07) is 13.3. The fraction of sp³-hybridized carbons (Fsp3) is 0.308. The van der Waals surface area contributed by atoms with Crippen LogP contribution in [0.25, 0.3) is 5.69 Å². The van der Waals surface area contributed by atoms with Crippen LogP contribution in [-0.2, 0) is 12.8 Å². The van der Waals surface area contributed by atoms with Gasteiger partial charge < -0.3 is 0 Å². The van der Waals surface area contributed by atoms with Gasteiger partial charge in [-0.25, -0.2) is 9.07 Å². The van der Waals surface area contributed by atoms with E-state index < -0.39 is 0 Å². The Morgan fingerprint density at radius 3 is 2.47 bits per heavy atom. The van der Waals surface area contributed by atoms with Crippen molar-refractivity contribution in [1.82, 2.24) is 9.78 Å². The molecule has 2 aromatic carbocycles. The molecule has 3 rings (SSSR count). The van der Waals surface area contributed by atoms with Crippen molar-refractivity contribution in [2.24, 2.45) is 5.92 Å². The number of aromatic nitrogens is 2. The van der Waals surface area contributed by atoms with E-state index in [-0.39, 0.29) is 11.7 Å². The molecular formula is C26H26FN3. The molecule has 0 radical (unpaired) electrons. The van der Waals surface area contributed by atoms with Crippen molar-refractivity contribution in [2.45, 2.75) is 47.5 Å². The highest BCUT2D eigenvalue weighted by Gasteiger charge is 2.15. The fourth-order valence-corrected chi connectivity index (χ4v) is 3.49. The van der Waals surface area contributed by atoms with Crippen molar-refractivity contribution < 1.29 is 4.39 Å². The topological polar surface area (TPSA) is 41.6 Å². The van der Waals surface area contributed by atoms with Gasteiger partial charge in [0.15, 0.2) is 0 Å². The number of hydrogen-bond acceptors (Lipinski definition) is 2. The van der Waals surface area contributed by atoms with Crippen molar-refractivity contribution in [3.8, 4) is 23.6 Å². The van der Waals surface area contributed by atoms with Gasteiger partial charge in [-0.2, -0.15) is 10.4 Å². The average Bonchev–Trinajstić information content (AvgIpc) is 3.00. The van der Waals surface area contributed by atoms with Crippen LogP contribution in [0.1, 0.15) is 60.0 Å². The fourth-order valence-electron chi connectivity index (χ4n) is 3.49. The van der Waals surface area contributed by atoms with Gasteiger partial charge in [-0.15, -0.1) is 0 Å². The molecule has 3 aromatic rings. The summed E-state index contributed by atoms with van der Waals surface area (Å²) in [5.41, 5.74) is 6.97. The summed E-state index contributed by atoms with van der Waals surface area (Å²) >= 11 is 0. The molecule has 0 saturated heterocycles. The highest BCUT2D eigenvalue weighted by Crippen LogP contribution is 2.23. The standard InChI is InChI=1S/C26H26FN3/c1-6-21-15-24(12-11-23(21)16-28)30-19(5)25(18(4)29-30)13-20-8-10-22(26(27)14-20)9-7-17(2)3/h8,10-12,14-15,17H,6,13H2,1-5H3. The van der Waals surface area contributed by atoms with Crippen LogP contribution in [0, 0.1) is 48.8 Å². The number of nitriles is 1. The van der Waals surface area contributed by atoms with Crippen molar-refractivity contribution in [3.05, 3.63) is 81.4 Å². The Morgan fingerprint density at radius 2 is 1.83 bits per heavy atom. The Kier molecular flexibility index (Phi) is 6.38. The summed E-state index contributed by atoms with van der Waals surface area (Å²) in [5, 5.41) is 14.0. The maximum Gasteiger partial charge on any atom is 0.139 e. The monoisotopic (exact) mass is 399 g/mol. The number of rotatable bonds is 4. The number of nitrogens with zero attached hydrogens (tertiary/aromatic N) is 3. The molecule has 1 heterocycles. The zero-order chi connectivity index (χ0) is 21.8. The van der Waals surface area contributed by atoms with Crippen molar-refractivity contribution in [3.63, 3.8) is 0 Å². The Hall–Kier alpha value is -3.37. The van der Waals surface area contributed by atoms with E-state index in [0.717, 1.165) is 40.2 Å². The van der Waals surface area contributed by atoms with Gasteiger partial charge in [-0.1, -0.05) is 38.7 Å². The predicted octanol–water partition coefficient (Wildman–Crippen LogP) is 5.66. The second-order valence-electron chi connectivity index (χ2n) is 7.78. The van der Waals surface area contributed by atoms with Crippen LogP contribution in [0.3, 0.4) is 0 Å². The van der Waals surface area contributed by atoms with Gasteiger partial charge in [0.1, 0.15) is 5.82 Å². The lowest BCUT2D eigenvalue weighted by atomic mass is 10.0. The van der Waals surface area contributed by atoms with E-state index in [4.69, 9.17) is 5.10 Å². The molecule has 0 N–H and O–H groups in total. The summed E-state index contributed by atoms with van der Waals surface area (Å²) in [5.74, 6) is 5.83. The van der Waals surface area contributed by atoms with Gasteiger partial charge in [0.2, 0.25) is 0 Å². The normalized spacial score (nSPS) is 10.6. The first kappa shape index (κ1) is 21.3. The van der Waals surface area contributed by atoms with Crippen LogP contribution in [0.15, 0.2) is 36.4 Å². The molecule has 0 unspecified atom stereocenters. The van der Waals surface area contributed by atoms with E-state index in [1.54, 1.807) is 12.1 Å². The second-order valence-corrected chi connectivity index (χ2v) is 7.78. The van der Waals surface area contributed by atoms with Gasteiger partial charge in [0.05, 0.1) is 28.6 Å². The zero-order valence-electron chi connectivity index (χ0n) is 18.2. The lowest BCUT2D eigenvalue weighted by Gasteiger charge is -2.09. The third-order valence-electron chi connectivity index (χ3n) is 5.19. The van der Waals surface area contributed by atoms with Gasteiger partial charge in [0.25, 0.3) is 0 Å². The maximum atomic E-state index is 14.5. The smallest absolute Gasteiger partial charge is 0.139 e. The molecule has 4 heteroatoms. The molecular weight excluding hydrogens is 373 g/mol.